The molecule has 0 N–H and O–H groups in total. The summed E-state index contributed by atoms with van der Waals surface area (Å²) >= 11 is 1.77. The third-order valence-electron chi connectivity index (χ3n) is 2.80. The van der Waals surface area contributed by atoms with Crippen LogP contribution in [0.25, 0.3) is 10.1 Å². The lowest BCUT2D eigenvalue weighted by Crippen LogP contribution is -1.82. The predicted molar refractivity (Wildman–Crippen MR) is 68.7 cm³/mol. The number of rotatable bonds is 0. The van der Waals surface area contributed by atoms with Crippen LogP contribution >= 0.6 is 11.3 Å². The van der Waals surface area contributed by atoms with Crippen LogP contribution in [-0.2, 0) is 0 Å². The highest BCUT2D eigenvalue weighted by atomic mass is 32.1. The van der Waals surface area contributed by atoms with Gasteiger partial charge in [-0.05, 0) is 48.9 Å². The van der Waals surface area contributed by atoms with Gasteiger partial charge in [-0.15, -0.1) is 16.9 Å². The predicted octanol–water partition coefficient (Wildman–Crippen LogP) is 3.30. The molecule has 0 aliphatic rings. The minimum absolute atomic E-state index is 1.16. The van der Waals surface area contributed by atoms with Crippen molar-refractivity contribution in [1.29, 1.82) is 0 Å². The molecule has 73 valence electrons. The van der Waals surface area contributed by atoms with Gasteiger partial charge in [-0.2, -0.15) is 0 Å². The molecule has 0 atom stereocenters. The first-order chi connectivity index (χ1) is 7.15. The molecule has 0 spiro atoms. The second-order valence-corrected chi connectivity index (χ2v) is 4.99. The Bertz CT molecular complexity index is 582. The van der Waals surface area contributed by atoms with E-state index < -0.39 is 0 Å². The van der Waals surface area contributed by atoms with E-state index in [9.17, 15) is 0 Å². The summed E-state index contributed by atoms with van der Waals surface area (Å²) in [5, 5.41) is 1.38. The molecule has 1 aromatic heterocycles. The third kappa shape index (κ3) is 1.62. The second-order valence-electron chi connectivity index (χ2n) is 3.69. The van der Waals surface area contributed by atoms with Crippen LogP contribution in [-0.4, -0.2) is 10.2 Å². The van der Waals surface area contributed by atoms with Crippen LogP contribution < -0.4 is 0 Å². The van der Waals surface area contributed by atoms with Gasteiger partial charge in [0.05, 0.1) is 4.88 Å². The van der Waals surface area contributed by atoms with Crippen LogP contribution in [0.2, 0.25) is 0 Å². The topological polar surface area (TPSA) is 0 Å². The summed E-state index contributed by atoms with van der Waals surface area (Å²) in [6.45, 7) is 6.49. The van der Waals surface area contributed by atoms with Crippen molar-refractivity contribution < 1.29 is 0 Å². The van der Waals surface area contributed by atoms with Crippen LogP contribution in [0.15, 0.2) is 12.1 Å². The first kappa shape index (κ1) is 10.5. The molecule has 0 fully saturated rings. The maximum absolute atomic E-state index is 3.20. The van der Waals surface area contributed by atoms with E-state index >= 15 is 0 Å². The van der Waals surface area contributed by atoms with Gasteiger partial charge in [0.2, 0.25) is 0 Å². The fraction of sp³-hybridized carbons (Fsp3) is 0.231. The summed E-state index contributed by atoms with van der Waals surface area (Å²) in [5.41, 5.74) is 6.82. The van der Waals surface area contributed by atoms with E-state index in [2.05, 4.69) is 54.6 Å². The summed E-state index contributed by atoms with van der Waals surface area (Å²) in [6, 6.07) is 4.37. The summed E-state index contributed by atoms with van der Waals surface area (Å²) in [4.78, 5) is 1.16. The van der Waals surface area contributed by atoms with Gasteiger partial charge in [-0.3, -0.25) is 0 Å². The van der Waals surface area contributed by atoms with Crippen molar-refractivity contribution in [1.82, 2.24) is 0 Å². The largest absolute Gasteiger partial charge is 0.147 e. The zero-order valence-corrected chi connectivity index (χ0v) is 10.9. The maximum Gasteiger partial charge on any atom is 0.147 e. The molecule has 0 amide bonds. The molecule has 1 heterocycles. The molecule has 0 aliphatic heterocycles. The fourth-order valence-electron chi connectivity index (χ4n) is 1.82. The van der Waals surface area contributed by atoms with Crippen molar-refractivity contribution >= 4 is 31.7 Å². The molecule has 2 aromatic rings. The van der Waals surface area contributed by atoms with Crippen LogP contribution in [0, 0.1) is 32.2 Å². The molecule has 0 aliphatic carbocycles. The van der Waals surface area contributed by atoms with Gasteiger partial charge in [0, 0.05) is 4.70 Å². The Kier molecular flexibility index (Phi) is 2.68. The minimum atomic E-state index is 1.16. The summed E-state index contributed by atoms with van der Waals surface area (Å²) in [6.07, 6.45) is 0. The molecule has 0 nitrogen and oxygen atoms in total. The van der Waals surface area contributed by atoms with Gasteiger partial charge in [0.1, 0.15) is 10.2 Å². The Labute approximate surface area is 97.7 Å². The molecule has 2 rings (SSSR count). The quantitative estimate of drug-likeness (QED) is 0.478. The van der Waals surface area contributed by atoms with E-state index in [1.165, 1.54) is 26.8 Å². The van der Waals surface area contributed by atoms with Crippen molar-refractivity contribution in [3.63, 3.8) is 0 Å². The van der Waals surface area contributed by atoms with Crippen molar-refractivity contribution in [3.8, 4) is 11.5 Å². The van der Waals surface area contributed by atoms with Gasteiger partial charge >= 0.3 is 0 Å². The van der Waals surface area contributed by atoms with Crippen molar-refractivity contribution in [2.75, 3.05) is 0 Å². The van der Waals surface area contributed by atoms with Gasteiger partial charge in [0.15, 0.2) is 0 Å². The van der Waals surface area contributed by atoms with Gasteiger partial charge in [0.25, 0.3) is 0 Å². The first-order valence-corrected chi connectivity index (χ1v) is 6.14. The Morgan fingerprint density at radius 2 is 1.87 bits per heavy atom. The molecule has 0 saturated carbocycles. The van der Waals surface area contributed by atoms with Gasteiger partial charge in [-0.1, -0.05) is 12.0 Å². The molecule has 3 radical (unpaired) electrons. The second kappa shape index (κ2) is 3.84. The highest BCUT2D eigenvalue weighted by molar-refractivity contribution is 7.19. The van der Waals surface area contributed by atoms with Crippen LogP contribution in [0.5, 0.6) is 0 Å². The molecule has 0 unspecified atom stereocenters. The van der Waals surface area contributed by atoms with E-state index in [4.69, 9.17) is 0 Å². The summed E-state index contributed by atoms with van der Waals surface area (Å²) in [5.74, 6) is 3.09. The maximum atomic E-state index is 3.20. The van der Waals surface area contributed by atoms with Crippen LogP contribution in [0.4, 0.5) is 0 Å². The number of hydrogen-bond acceptors (Lipinski definition) is 1. The van der Waals surface area contributed by atoms with E-state index in [1.807, 2.05) is 0 Å². The number of fused-ring (bicyclic) bond motifs is 1. The van der Waals surface area contributed by atoms with Crippen molar-refractivity contribution in [2.45, 2.75) is 20.8 Å². The van der Waals surface area contributed by atoms with E-state index in [1.54, 1.807) is 11.3 Å². The van der Waals surface area contributed by atoms with Crippen molar-refractivity contribution in [3.05, 3.63) is 33.7 Å². The zero-order chi connectivity index (χ0) is 11.0. The lowest BCUT2D eigenvalue weighted by molar-refractivity contribution is 1.37. The van der Waals surface area contributed by atoms with Gasteiger partial charge < -0.3 is 0 Å². The Morgan fingerprint density at radius 1 is 1.13 bits per heavy atom. The van der Waals surface area contributed by atoms with Crippen molar-refractivity contribution in [2.24, 2.45) is 0 Å². The average Bonchev–Trinajstić information content (AvgIpc) is 2.52. The molecule has 2 heteroatoms. The average molecular weight is 227 g/mol. The zero-order valence-electron chi connectivity index (χ0n) is 9.06. The monoisotopic (exact) mass is 227 g/mol. The van der Waals surface area contributed by atoms with E-state index in [0.29, 0.717) is 0 Å². The number of aryl methyl sites for hydroxylation is 3. The Balaban J connectivity index is 2.87. The highest BCUT2D eigenvalue weighted by Gasteiger charge is 2.09. The standard InChI is InChI=1S/C13H11SSi/c1-8-4-5-12-13(9(8)2)10(3)11(14-12)6-7-15/h4-5H,1-3H3. The minimum Gasteiger partial charge on any atom is -0.132 e. The lowest BCUT2D eigenvalue weighted by Gasteiger charge is -2.01. The number of benzene rings is 1. The number of thiophene rings is 1. The van der Waals surface area contributed by atoms with Crippen LogP contribution in [0.1, 0.15) is 21.6 Å². The molecule has 0 saturated heterocycles. The van der Waals surface area contributed by atoms with E-state index in [0.717, 1.165) is 4.88 Å². The Hall–Kier alpha value is -1.04. The van der Waals surface area contributed by atoms with Gasteiger partial charge in [-0.25, -0.2) is 0 Å². The SMILES string of the molecule is Cc1ccc2sc(C#C[Si])c(C)c2c1C. The summed E-state index contributed by atoms with van der Waals surface area (Å²) in [7, 11) is 3.20. The molecular weight excluding hydrogens is 216 g/mol. The smallest absolute Gasteiger partial charge is 0.132 e. The molecular formula is C13H11SSi. The Morgan fingerprint density at radius 3 is 2.53 bits per heavy atom. The van der Waals surface area contributed by atoms with Crippen LogP contribution in [0.3, 0.4) is 0 Å². The third-order valence-corrected chi connectivity index (χ3v) is 4.10. The van der Waals surface area contributed by atoms with E-state index in [-0.39, 0.29) is 0 Å². The lowest BCUT2D eigenvalue weighted by atomic mass is 10.0. The normalized spacial score (nSPS) is 10.1. The fourth-order valence-corrected chi connectivity index (χ4v) is 3.16. The molecule has 0 bridgehead atoms. The summed E-state index contributed by atoms with van der Waals surface area (Å²) < 4.78 is 1.33. The highest BCUT2D eigenvalue weighted by Crippen LogP contribution is 2.33. The number of hydrogen-bond donors (Lipinski definition) is 0. The molecule has 1 aromatic carbocycles. The first-order valence-electron chi connectivity index (χ1n) is 4.82. The molecule has 15 heavy (non-hydrogen) atoms.